The van der Waals surface area contributed by atoms with Crippen LogP contribution in [0.2, 0.25) is 0 Å². The maximum atomic E-state index is 13.4. The summed E-state index contributed by atoms with van der Waals surface area (Å²) >= 11 is 0. The van der Waals surface area contributed by atoms with E-state index in [1.807, 2.05) is 30.3 Å². The Labute approximate surface area is 234 Å². The van der Waals surface area contributed by atoms with Crippen molar-refractivity contribution in [2.75, 3.05) is 4.90 Å². The highest BCUT2D eigenvalue weighted by Crippen LogP contribution is 2.27. The van der Waals surface area contributed by atoms with Gasteiger partial charge in [0.2, 0.25) is 0 Å². The number of rotatable bonds is 9. The highest BCUT2D eigenvalue weighted by Gasteiger charge is 2.37. The van der Waals surface area contributed by atoms with Crippen molar-refractivity contribution in [1.82, 2.24) is 5.32 Å². The van der Waals surface area contributed by atoms with Crippen molar-refractivity contribution in [1.29, 1.82) is 0 Å². The molecule has 4 aromatic carbocycles. The lowest BCUT2D eigenvalue weighted by Gasteiger charge is -2.26. The number of hydrogen-bond acceptors (Lipinski definition) is 7. The largest absolute Gasteiger partial charge is 0.489 e. The molecule has 41 heavy (non-hydrogen) atoms. The molecule has 0 radical (unpaired) electrons. The number of amides is 4. The molecule has 0 saturated carbocycles. The molecule has 0 aliphatic carbocycles. The van der Waals surface area contributed by atoms with E-state index in [1.165, 1.54) is 18.2 Å². The molecule has 5 rings (SSSR count). The number of carbonyl (C=O) groups excluding carboxylic acids is 3. The van der Waals surface area contributed by atoms with Gasteiger partial charge in [0.25, 0.3) is 17.5 Å². The van der Waals surface area contributed by atoms with Gasteiger partial charge in [0.15, 0.2) is 0 Å². The van der Waals surface area contributed by atoms with E-state index in [4.69, 9.17) is 9.47 Å². The first kappa shape index (κ1) is 26.8. The van der Waals surface area contributed by atoms with Crippen LogP contribution in [0.1, 0.15) is 16.7 Å². The third-order valence-corrected chi connectivity index (χ3v) is 6.21. The number of hydrogen-bond donors (Lipinski definition) is 1. The first-order chi connectivity index (χ1) is 19.9. The normalized spacial score (nSPS) is 14.1. The smallest absolute Gasteiger partial charge is 0.335 e. The minimum Gasteiger partial charge on any atom is -0.489 e. The highest BCUT2D eigenvalue weighted by atomic mass is 16.6. The highest BCUT2D eigenvalue weighted by molar-refractivity contribution is 6.39. The summed E-state index contributed by atoms with van der Waals surface area (Å²) in [5, 5.41) is 13.1. The summed E-state index contributed by atoms with van der Waals surface area (Å²) in [6.45, 7) is 0.456. The Morgan fingerprint density at radius 2 is 1.39 bits per heavy atom. The Balaban J connectivity index is 1.32. The van der Waals surface area contributed by atoms with Gasteiger partial charge in [-0.2, -0.15) is 0 Å². The molecule has 0 atom stereocenters. The van der Waals surface area contributed by atoms with E-state index in [0.29, 0.717) is 29.2 Å². The number of carbonyl (C=O) groups is 3. The molecule has 1 N–H and O–H groups in total. The second-order valence-electron chi connectivity index (χ2n) is 8.98. The van der Waals surface area contributed by atoms with Crippen LogP contribution < -0.4 is 19.7 Å². The van der Waals surface area contributed by atoms with Gasteiger partial charge in [-0.05, 0) is 59.7 Å². The maximum absolute atomic E-state index is 13.4. The van der Waals surface area contributed by atoms with Gasteiger partial charge in [-0.1, -0.05) is 48.5 Å². The van der Waals surface area contributed by atoms with Gasteiger partial charge in [-0.25, -0.2) is 9.69 Å². The average molecular weight is 550 g/mol. The van der Waals surface area contributed by atoms with E-state index >= 15 is 0 Å². The fourth-order valence-electron chi connectivity index (χ4n) is 4.09. The summed E-state index contributed by atoms with van der Waals surface area (Å²) < 4.78 is 11.7. The van der Waals surface area contributed by atoms with Crippen molar-refractivity contribution >= 4 is 35.3 Å². The number of benzene rings is 4. The summed E-state index contributed by atoms with van der Waals surface area (Å²) in [7, 11) is 0. The molecule has 204 valence electrons. The van der Waals surface area contributed by atoms with Crippen molar-refractivity contribution in [2.45, 2.75) is 13.2 Å². The number of para-hydroxylation sites is 1. The lowest BCUT2D eigenvalue weighted by atomic mass is 10.1. The van der Waals surface area contributed by atoms with Crippen LogP contribution in [0.3, 0.4) is 0 Å². The lowest BCUT2D eigenvalue weighted by molar-refractivity contribution is -0.384. The van der Waals surface area contributed by atoms with Crippen LogP contribution in [0, 0.1) is 10.1 Å². The topological polar surface area (TPSA) is 128 Å². The second-order valence-corrected chi connectivity index (χ2v) is 8.98. The SMILES string of the molecule is O=C1NC(=O)N(c2ccc(OCc3ccccc3)cc2)C(=O)/C1=C/c1ccccc1OCc1ccc([N+](=O)[O-])cc1. The van der Waals surface area contributed by atoms with Crippen LogP contribution in [0.4, 0.5) is 16.2 Å². The molecule has 0 aromatic heterocycles. The van der Waals surface area contributed by atoms with Crippen molar-refractivity contribution in [3.63, 3.8) is 0 Å². The van der Waals surface area contributed by atoms with Gasteiger partial charge >= 0.3 is 6.03 Å². The lowest BCUT2D eigenvalue weighted by Crippen LogP contribution is -2.54. The molecule has 0 bridgehead atoms. The third kappa shape index (κ3) is 6.28. The molecule has 4 amide bonds. The van der Waals surface area contributed by atoms with Crippen LogP contribution in [-0.2, 0) is 22.8 Å². The Morgan fingerprint density at radius 3 is 2.10 bits per heavy atom. The number of imide groups is 2. The monoisotopic (exact) mass is 549 g/mol. The first-order valence-electron chi connectivity index (χ1n) is 12.5. The van der Waals surface area contributed by atoms with Crippen LogP contribution in [0.5, 0.6) is 11.5 Å². The zero-order valence-corrected chi connectivity index (χ0v) is 21.6. The van der Waals surface area contributed by atoms with Gasteiger partial charge in [-0.15, -0.1) is 0 Å². The van der Waals surface area contributed by atoms with E-state index in [2.05, 4.69) is 5.32 Å². The Hall–Kier alpha value is -5.77. The zero-order chi connectivity index (χ0) is 28.8. The van der Waals surface area contributed by atoms with Gasteiger partial charge in [-0.3, -0.25) is 25.0 Å². The summed E-state index contributed by atoms with van der Waals surface area (Å²) in [4.78, 5) is 50.0. The van der Waals surface area contributed by atoms with Gasteiger partial charge in [0.1, 0.15) is 30.3 Å². The molecule has 1 heterocycles. The molecule has 10 heteroatoms. The molecule has 1 aliphatic heterocycles. The minimum absolute atomic E-state index is 0.0332. The van der Waals surface area contributed by atoms with E-state index in [0.717, 1.165) is 10.5 Å². The number of non-ortho nitro benzene ring substituents is 1. The third-order valence-electron chi connectivity index (χ3n) is 6.21. The van der Waals surface area contributed by atoms with E-state index in [1.54, 1.807) is 60.7 Å². The number of urea groups is 1. The summed E-state index contributed by atoms with van der Waals surface area (Å²) in [5.74, 6) is -0.693. The Kier molecular flexibility index (Phi) is 7.82. The molecule has 0 unspecified atom stereocenters. The molecule has 10 nitrogen and oxygen atoms in total. The van der Waals surface area contributed by atoms with E-state index < -0.39 is 22.8 Å². The molecule has 1 aliphatic rings. The van der Waals surface area contributed by atoms with Crippen LogP contribution in [-0.4, -0.2) is 22.8 Å². The minimum atomic E-state index is -0.863. The van der Waals surface area contributed by atoms with Crippen LogP contribution in [0.15, 0.2) is 109 Å². The quantitative estimate of drug-likeness (QED) is 0.128. The van der Waals surface area contributed by atoms with Crippen LogP contribution >= 0.6 is 0 Å². The van der Waals surface area contributed by atoms with E-state index in [9.17, 15) is 24.5 Å². The van der Waals surface area contributed by atoms with Crippen molar-refractivity contribution < 1.29 is 28.8 Å². The molecular formula is C31H23N3O7. The fraction of sp³-hybridized carbons (Fsp3) is 0.0645. The predicted molar refractivity (Wildman–Crippen MR) is 150 cm³/mol. The average Bonchev–Trinajstić information content (AvgIpc) is 2.99. The van der Waals surface area contributed by atoms with E-state index in [-0.39, 0.29) is 23.6 Å². The Bertz CT molecular complexity index is 1630. The number of nitrogens with one attached hydrogen (secondary N) is 1. The molecule has 1 fully saturated rings. The summed E-state index contributed by atoms with van der Waals surface area (Å²) in [6.07, 6.45) is 1.36. The number of nitro benzene ring substituents is 1. The summed E-state index contributed by atoms with van der Waals surface area (Å²) in [6, 6.07) is 27.9. The van der Waals surface area contributed by atoms with Gasteiger partial charge in [0.05, 0.1) is 10.6 Å². The molecule has 1 saturated heterocycles. The first-order valence-corrected chi connectivity index (χ1v) is 12.5. The van der Waals surface area contributed by atoms with Crippen molar-refractivity contribution in [3.8, 4) is 11.5 Å². The number of anilines is 1. The van der Waals surface area contributed by atoms with Gasteiger partial charge < -0.3 is 9.47 Å². The number of ether oxygens (including phenoxy) is 2. The van der Waals surface area contributed by atoms with Crippen molar-refractivity contribution in [2.24, 2.45) is 0 Å². The molecule has 4 aromatic rings. The maximum Gasteiger partial charge on any atom is 0.335 e. The Morgan fingerprint density at radius 1 is 0.756 bits per heavy atom. The predicted octanol–water partition coefficient (Wildman–Crippen LogP) is 5.42. The standard InChI is InChI=1S/C31H23N3O7/c35-29-27(18-23-8-4-5-9-28(23)41-20-22-10-12-25(13-11-22)34(38)39)30(36)33(31(37)32-29)24-14-16-26(17-15-24)40-19-21-6-2-1-3-7-21/h1-18H,19-20H2,(H,32,35,37)/b27-18+. The zero-order valence-electron chi connectivity index (χ0n) is 21.6. The fourth-order valence-corrected chi connectivity index (χ4v) is 4.09. The van der Waals surface area contributed by atoms with Gasteiger partial charge in [0, 0.05) is 17.7 Å². The van der Waals surface area contributed by atoms with Crippen molar-refractivity contribution in [3.05, 3.63) is 136 Å². The molecule has 0 spiro atoms. The summed E-state index contributed by atoms with van der Waals surface area (Å²) in [5.41, 5.74) is 2.10. The number of nitrogens with zero attached hydrogens (tertiary/aromatic N) is 2. The second kappa shape index (κ2) is 12.0. The van der Waals surface area contributed by atoms with Crippen LogP contribution in [0.25, 0.3) is 6.08 Å². The number of nitro groups is 1. The molecular weight excluding hydrogens is 526 g/mol. The number of barbiturate groups is 1.